The largest absolute Gasteiger partial charge is 0.330 e. The molecule has 0 aliphatic heterocycles. The lowest BCUT2D eigenvalue weighted by Crippen LogP contribution is -2.25. The van der Waals surface area contributed by atoms with Crippen LogP contribution in [0.2, 0.25) is 0 Å². The zero-order chi connectivity index (χ0) is 11.3. The molecule has 76 valence electrons. The van der Waals surface area contributed by atoms with Gasteiger partial charge in [-0.25, -0.2) is 4.98 Å². The van der Waals surface area contributed by atoms with Crippen LogP contribution >= 0.6 is 0 Å². The Bertz CT molecular complexity index is 395. The van der Waals surface area contributed by atoms with Gasteiger partial charge in [0.15, 0.2) is 0 Å². The van der Waals surface area contributed by atoms with Crippen molar-refractivity contribution in [3.05, 3.63) is 17.8 Å². The molecule has 0 amide bonds. The van der Waals surface area contributed by atoms with Crippen LogP contribution in [0.15, 0.2) is 6.07 Å². The Morgan fingerprint density at radius 2 is 1.93 bits per heavy atom. The maximum absolute atomic E-state index is 12.9. The number of hydrogen-bond donors (Lipinski definition) is 0. The molecule has 0 aliphatic rings. The first-order valence-electron chi connectivity index (χ1n) is 4.17. The van der Waals surface area contributed by atoms with Crippen molar-refractivity contribution in [3.8, 4) is 12.1 Å². The van der Waals surface area contributed by atoms with Crippen molar-refractivity contribution in [1.29, 1.82) is 10.5 Å². The van der Waals surface area contributed by atoms with Gasteiger partial charge in [-0.15, -0.1) is 0 Å². The van der Waals surface area contributed by atoms with Gasteiger partial charge < -0.3 is 4.90 Å². The standard InChI is InChI=1S/C9H8FN5/c1-7-6-8(14-9(10)13-7)15(4-2-11)5-3-12/h6H,4-5H2,1H3. The number of aryl methyl sites for hydroxylation is 1. The minimum atomic E-state index is -0.856. The molecule has 0 spiro atoms. The van der Waals surface area contributed by atoms with Crippen LogP contribution in [0.3, 0.4) is 0 Å². The highest BCUT2D eigenvalue weighted by Crippen LogP contribution is 2.11. The molecule has 0 radical (unpaired) electrons. The highest BCUT2D eigenvalue weighted by Gasteiger charge is 2.09. The van der Waals surface area contributed by atoms with Gasteiger partial charge in [-0.2, -0.15) is 19.9 Å². The molecule has 5 nitrogen and oxygen atoms in total. The van der Waals surface area contributed by atoms with Crippen LogP contribution < -0.4 is 4.90 Å². The van der Waals surface area contributed by atoms with Crippen molar-refractivity contribution < 1.29 is 4.39 Å². The summed E-state index contributed by atoms with van der Waals surface area (Å²) in [7, 11) is 0. The van der Waals surface area contributed by atoms with Crippen LogP contribution in [0.25, 0.3) is 0 Å². The number of nitrogens with zero attached hydrogens (tertiary/aromatic N) is 5. The van der Waals surface area contributed by atoms with Crippen LogP contribution in [0.5, 0.6) is 0 Å². The van der Waals surface area contributed by atoms with Crippen molar-refractivity contribution in [2.24, 2.45) is 0 Å². The Morgan fingerprint density at radius 3 is 2.40 bits per heavy atom. The quantitative estimate of drug-likeness (QED) is 0.538. The molecule has 0 saturated heterocycles. The summed E-state index contributed by atoms with van der Waals surface area (Å²) in [6.45, 7) is 1.60. The zero-order valence-electron chi connectivity index (χ0n) is 8.11. The van der Waals surface area contributed by atoms with Gasteiger partial charge in [-0.05, 0) is 6.92 Å². The Hall–Kier alpha value is -2.21. The maximum Gasteiger partial charge on any atom is 0.310 e. The first-order chi connectivity index (χ1) is 7.17. The molecule has 0 atom stereocenters. The second kappa shape index (κ2) is 4.87. The molecule has 0 fully saturated rings. The maximum atomic E-state index is 12.9. The van der Waals surface area contributed by atoms with Crippen LogP contribution in [-0.2, 0) is 0 Å². The van der Waals surface area contributed by atoms with Crippen LogP contribution in [0.4, 0.5) is 10.2 Å². The number of rotatable bonds is 3. The summed E-state index contributed by atoms with van der Waals surface area (Å²) in [5, 5.41) is 17.0. The van der Waals surface area contributed by atoms with Crippen molar-refractivity contribution in [3.63, 3.8) is 0 Å². The summed E-state index contributed by atoms with van der Waals surface area (Å²) in [5.41, 5.74) is 0.457. The monoisotopic (exact) mass is 205 g/mol. The van der Waals surface area contributed by atoms with Gasteiger partial charge in [0.1, 0.15) is 18.9 Å². The van der Waals surface area contributed by atoms with E-state index in [-0.39, 0.29) is 18.9 Å². The summed E-state index contributed by atoms with van der Waals surface area (Å²) in [6, 6.07) is 5.29. The molecule has 0 aromatic carbocycles. The van der Waals surface area contributed by atoms with E-state index in [0.717, 1.165) is 0 Å². The molecule has 0 saturated carbocycles. The molecular formula is C9H8FN5. The average Bonchev–Trinajstić information content (AvgIpc) is 2.16. The van der Waals surface area contributed by atoms with Gasteiger partial charge in [0.2, 0.25) is 0 Å². The Kier molecular flexibility index (Phi) is 3.53. The Balaban J connectivity index is 3.01. The van der Waals surface area contributed by atoms with E-state index >= 15 is 0 Å². The van der Waals surface area contributed by atoms with E-state index < -0.39 is 6.08 Å². The molecule has 6 heteroatoms. The smallest absolute Gasteiger partial charge is 0.310 e. The van der Waals surface area contributed by atoms with Crippen LogP contribution in [0, 0.1) is 35.7 Å². The first-order valence-corrected chi connectivity index (χ1v) is 4.17. The predicted molar refractivity (Wildman–Crippen MR) is 50.2 cm³/mol. The molecule has 15 heavy (non-hydrogen) atoms. The molecular weight excluding hydrogens is 197 g/mol. The lowest BCUT2D eigenvalue weighted by molar-refractivity contribution is 0.534. The van der Waals surface area contributed by atoms with Gasteiger partial charge in [0.25, 0.3) is 0 Å². The topological polar surface area (TPSA) is 76.6 Å². The first kappa shape index (κ1) is 10.9. The highest BCUT2D eigenvalue weighted by molar-refractivity contribution is 5.41. The second-order valence-corrected chi connectivity index (χ2v) is 2.81. The number of nitriles is 2. The van der Waals surface area contributed by atoms with Gasteiger partial charge in [0, 0.05) is 11.8 Å². The van der Waals surface area contributed by atoms with Crippen molar-refractivity contribution in [1.82, 2.24) is 9.97 Å². The molecule has 0 bridgehead atoms. The van der Waals surface area contributed by atoms with Gasteiger partial charge >= 0.3 is 6.08 Å². The fraction of sp³-hybridized carbons (Fsp3) is 0.333. The van der Waals surface area contributed by atoms with Gasteiger partial charge in [0.05, 0.1) is 12.1 Å². The highest BCUT2D eigenvalue weighted by atomic mass is 19.1. The lowest BCUT2D eigenvalue weighted by atomic mass is 10.4. The van der Waals surface area contributed by atoms with E-state index in [1.54, 1.807) is 6.92 Å². The van der Waals surface area contributed by atoms with E-state index in [4.69, 9.17) is 10.5 Å². The average molecular weight is 205 g/mol. The van der Waals surface area contributed by atoms with Crippen molar-refractivity contribution >= 4 is 5.82 Å². The summed E-state index contributed by atoms with van der Waals surface area (Å²) in [5.74, 6) is 0.253. The fourth-order valence-corrected chi connectivity index (χ4v) is 1.07. The zero-order valence-corrected chi connectivity index (χ0v) is 8.11. The Morgan fingerprint density at radius 1 is 1.33 bits per heavy atom. The molecule has 0 aliphatic carbocycles. The SMILES string of the molecule is Cc1cc(N(CC#N)CC#N)nc(F)n1. The normalized spacial score (nSPS) is 9.07. The molecule has 1 rings (SSSR count). The fourth-order valence-electron chi connectivity index (χ4n) is 1.07. The van der Waals surface area contributed by atoms with Crippen molar-refractivity contribution in [2.75, 3.05) is 18.0 Å². The summed E-state index contributed by atoms with van der Waals surface area (Å²) in [6.07, 6.45) is -0.856. The third-order valence-corrected chi connectivity index (χ3v) is 1.66. The van der Waals surface area contributed by atoms with E-state index in [1.165, 1.54) is 11.0 Å². The molecule has 0 N–H and O–H groups in total. The minimum Gasteiger partial charge on any atom is -0.330 e. The van der Waals surface area contributed by atoms with Gasteiger partial charge in [-0.1, -0.05) is 0 Å². The molecule has 1 heterocycles. The number of aromatic nitrogens is 2. The minimum absolute atomic E-state index is 0.0105. The van der Waals surface area contributed by atoms with E-state index in [2.05, 4.69) is 9.97 Å². The molecule has 0 unspecified atom stereocenters. The predicted octanol–water partition coefficient (Wildman–Crippen LogP) is 0.778. The van der Waals surface area contributed by atoms with E-state index in [0.29, 0.717) is 5.69 Å². The summed E-state index contributed by atoms with van der Waals surface area (Å²) >= 11 is 0. The third kappa shape index (κ3) is 2.89. The van der Waals surface area contributed by atoms with E-state index in [1.807, 2.05) is 12.1 Å². The number of halogens is 1. The van der Waals surface area contributed by atoms with E-state index in [9.17, 15) is 4.39 Å². The molecule has 1 aromatic heterocycles. The summed E-state index contributed by atoms with van der Waals surface area (Å²) in [4.78, 5) is 8.36. The molecule has 1 aromatic rings. The third-order valence-electron chi connectivity index (χ3n) is 1.66. The number of anilines is 1. The lowest BCUT2D eigenvalue weighted by Gasteiger charge is -2.16. The Labute approximate surface area is 86.4 Å². The van der Waals surface area contributed by atoms with Crippen LogP contribution in [0.1, 0.15) is 5.69 Å². The van der Waals surface area contributed by atoms with Crippen LogP contribution in [-0.4, -0.2) is 23.1 Å². The summed E-state index contributed by atoms with van der Waals surface area (Å²) < 4.78 is 12.9. The van der Waals surface area contributed by atoms with Gasteiger partial charge in [-0.3, -0.25) is 0 Å². The van der Waals surface area contributed by atoms with Crippen molar-refractivity contribution in [2.45, 2.75) is 6.92 Å². The number of hydrogen-bond acceptors (Lipinski definition) is 5. The second-order valence-electron chi connectivity index (χ2n) is 2.81.